The second-order valence-corrected chi connectivity index (χ2v) is 7.00. The van der Waals surface area contributed by atoms with E-state index in [9.17, 15) is 24.5 Å². The summed E-state index contributed by atoms with van der Waals surface area (Å²) in [6, 6.07) is 5.39. The van der Waals surface area contributed by atoms with E-state index in [1.54, 1.807) is 0 Å². The number of halogens is 1. The minimum Gasteiger partial charge on any atom is -0.466 e. The quantitative estimate of drug-likeness (QED) is 0.207. The molecule has 2 unspecified atom stereocenters. The van der Waals surface area contributed by atoms with Crippen LogP contribution in [0.3, 0.4) is 0 Å². The lowest BCUT2D eigenvalue weighted by molar-refractivity contribution is -0.384. The molecule has 2 rings (SSSR count). The number of dihydropyridines is 1. The topological polar surface area (TPSA) is 160 Å². The minimum absolute atomic E-state index is 0.0174. The molecule has 11 nitrogen and oxygen atoms in total. The Bertz CT molecular complexity index is 986. The second-order valence-electron chi connectivity index (χ2n) is 6.39. The molecule has 0 radical (unpaired) electrons. The summed E-state index contributed by atoms with van der Waals surface area (Å²) in [5, 5.41) is 14.1. The Hall–Kier alpha value is -3.60. The molecule has 0 aliphatic carbocycles. The molecule has 0 bridgehead atoms. The first-order chi connectivity index (χ1) is 14.6. The standard InChI is InChI=1S/C19H20ClN3O8/c1-9-14(18(25)31-10(2)20)15(11-5-4-6-12(7-11)23(27)28)16(17(24)29-3)13(22-9)8-30-19(21)26/h4-7,10,15,22H,8H2,1-3H3,(H2,21,26). The molecule has 1 aliphatic rings. The van der Waals surface area contributed by atoms with Crippen LogP contribution in [-0.2, 0) is 23.8 Å². The highest BCUT2D eigenvalue weighted by Gasteiger charge is 2.39. The summed E-state index contributed by atoms with van der Waals surface area (Å²) in [7, 11) is 1.12. The number of nitrogens with two attached hydrogens (primary N) is 1. The van der Waals surface area contributed by atoms with Crippen molar-refractivity contribution < 1.29 is 33.5 Å². The molecule has 1 aliphatic heterocycles. The third-order valence-corrected chi connectivity index (χ3v) is 4.40. The van der Waals surface area contributed by atoms with Gasteiger partial charge in [0.1, 0.15) is 6.61 Å². The van der Waals surface area contributed by atoms with Crippen molar-refractivity contribution in [1.29, 1.82) is 0 Å². The Morgan fingerprint density at radius 1 is 1.29 bits per heavy atom. The number of benzene rings is 1. The van der Waals surface area contributed by atoms with Gasteiger partial charge in [-0.1, -0.05) is 23.7 Å². The lowest BCUT2D eigenvalue weighted by Gasteiger charge is -2.31. The van der Waals surface area contributed by atoms with E-state index >= 15 is 0 Å². The number of nitro benzene ring substituents is 1. The SMILES string of the molecule is COC(=O)C1=C(COC(N)=O)NC(C)=C(C(=O)OC(C)Cl)C1c1cccc([N+](=O)[O-])c1. The van der Waals surface area contributed by atoms with Crippen molar-refractivity contribution in [2.75, 3.05) is 13.7 Å². The van der Waals surface area contributed by atoms with E-state index in [1.165, 1.54) is 38.1 Å². The molecule has 1 amide bonds. The van der Waals surface area contributed by atoms with Gasteiger partial charge in [0.15, 0.2) is 5.56 Å². The van der Waals surface area contributed by atoms with Crippen molar-refractivity contribution >= 4 is 35.3 Å². The number of esters is 2. The summed E-state index contributed by atoms with van der Waals surface area (Å²) in [5.41, 5.74) is 4.25. The fourth-order valence-electron chi connectivity index (χ4n) is 3.14. The van der Waals surface area contributed by atoms with E-state index < -0.39 is 41.0 Å². The van der Waals surface area contributed by atoms with Gasteiger partial charge in [0.25, 0.3) is 5.69 Å². The molecule has 0 fully saturated rings. The van der Waals surface area contributed by atoms with Gasteiger partial charge in [0, 0.05) is 17.8 Å². The Kier molecular flexibility index (Phi) is 7.59. The van der Waals surface area contributed by atoms with Gasteiger partial charge in [-0.15, -0.1) is 0 Å². The highest BCUT2D eigenvalue weighted by atomic mass is 35.5. The maximum absolute atomic E-state index is 12.8. The Labute approximate surface area is 181 Å². The Morgan fingerprint density at radius 3 is 2.52 bits per heavy atom. The van der Waals surface area contributed by atoms with Crippen molar-refractivity contribution in [2.45, 2.75) is 25.3 Å². The van der Waals surface area contributed by atoms with E-state index in [1.807, 2.05) is 0 Å². The summed E-state index contributed by atoms with van der Waals surface area (Å²) >= 11 is 5.79. The molecular weight excluding hydrogens is 434 g/mol. The molecule has 2 atom stereocenters. The predicted molar refractivity (Wildman–Crippen MR) is 108 cm³/mol. The molecular formula is C19H20ClN3O8. The lowest BCUT2D eigenvalue weighted by atomic mass is 9.80. The predicted octanol–water partition coefficient (Wildman–Crippen LogP) is 2.21. The number of nitro groups is 1. The fourth-order valence-corrected chi connectivity index (χ4v) is 3.22. The summed E-state index contributed by atoms with van der Waals surface area (Å²) in [4.78, 5) is 47.3. The van der Waals surface area contributed by atoms with Crippen LogP contribution >= 0.6 is 11.6 Å². The summed E-state index contributed by atoms with van der Waals surface area (Å²) in [5.74, 6) is -2.84. The van der Waals surface area contributed by atoms with Gasteiger partial charge in [0.05, 0.1) is 34.8 Å². The van der Waals surface area contributed by atoms with Crippen LogP contribution in [0.4, 0.5) is 10.5 Å². The summed E-state index contributed by atoms with van der Waals surface area (Å²) < 4.78 is 14.8. The average molecular weight is 454 g/mol. The number of allylic oxidation sites excluding steroid dienone is 1. The number of carbonyl (C=O) groups is 3. The van der Waals surface area contributed by atoms with E-state index in [2.05, 4.69) is 5.32 Å². The number of nitrogens with zero attached hydrogens (tertiary/aromatic N) is 1. The molecule has 1 aromatic carbocycles. The summed E-state index contributed by atoms with van der Waals surface area (Å²) in [6.07, 6.45) is -1.09. The van der Waals surface area contributed by atoms with Gasteiger partial charge < -0.3 is 25.3 Å². The number of methoxy groups -OCH3 is 1. The largest absolute Gasteiger partial charge is 0.466 e. The highest BCUT2D eigenvalue weighted by molar-refractivity contribution is 6.20. The van der Waals surface area contributed by atoms with E-state index in [4.69, 9.17) is 31.5 Å². The van der Waals surface area contributed by atoms with Crippen LogP contribution in [0.2, 0.25) is 0 Å². The maximum atomic E-state index is 12.8. The number of primary amides is 1. The van der Waals surface area contributed by atoms with Crippen molar-refractivity contribution in [1.82, 2.24) is 5.32 Å². The number of hydrogen-bond donors (Lipinski definition) is 2. The van der Waals surface area contributed by atoms with E-state index in [0.29, 0.717) is 0 Å². The third kappa shape index (κ3) is 5.51. The van der Waals surface area contributed by atoms with Gasteiger partial charge in [-0.3, -0.25) is 10.1 Å². The molecule has 0 saturated carbocycles. The third-order valence-electron chi connectivity index (χ3n) is 4.31. The monoisotopic (exact) mass is 453 g/mol. The molecule has 3 N–H and O–H groups in total. The molecule has 1 aromatic rings. The first-order valence-electron chi connectivity index (χ1n) is 8.87. The Balaban J connectivity index is 2.75. The molecule has 166 valence electrons. The van der Waals surface area contributed by atoms with Gasteiger partial charge in [0.2, 0.25) is 0 Å². The molecule has 0 aromatic heterocycles. The smallest absolute Gasteiger partial charge is 0.404 e. The molecule has 31 heavy (non-hydrogen) atoms. The van der Waals surface area contributed by atoms with Crippen LogP contribution in [-0.4, -0.2) is 42.2 Å². The number of nitrogens with one attached hydrogen (secondary N) is 1. The normalized spacial score (nSPS) is 16.8. The lowest BCUT2D eigenvalue weighted by Crippen LogP contribution is -2.35. The van der Waals surface area contributed by atoms with E-state index in [-0.39, 0.29) is 33.8 Å². The number of rotatable bonds is 7. The number of alkyl halides is 1. The minimum atomic E-state index is -1.14. The molecule has 1 heterocycles. The van der Waals surface area contributed by atoms with Crippen LogP contribution in [0.1, 0.15) is 25.3 Å². The Morgan fingerprint density at radius 2 is 1.97 bits per heavy atom. The number of non-ortho nitro benzene ring substituents is 1. The van der Waals surface area contributed by atoms with Crippen LogP contribution in [0.5, 0.6) is 0 Å². The molecule has 0 saturated heterocycles. The fraction of sp³-hybridized carbons (Fsp3) is 0.316. The summed E-state index contributed by atoms with van der Waals surface area (Å²) in [6.45, 7) is 2.52. The maximum Gasteiger partial charge on any atom is 0.404 e. The van der Waals surface area contributed by atoms with Crippen molar-refractivity contribution in [2.24, 2.45) is 5.73 Å². The van der Waals surface area contributed by atoms with Crippen molar-refractivity contribution in [3.05, 3.63) is 62.5 Å². The molecule has 0 spiro atoms. The van der Waals surface area contributed by atoms with Gasteiger partial charge in [-0.25, -0.2) is 14.4 Å². The van der Waals surface area contributed by atoms with Crippen LogP contribution < -0.4 is 11.1 Å². The second kappa shape index (κ2) is 9.94. The number of ether oxygens (including phenoxy) is 3. The number of hydrogen-bond acceptors (Lipinski definition) is 9. The zero-order chi connectivity index (χ0) is 23.3. The van der Waals surface area contributed by atoms with Gasteiger partial charge in [-0.2, -0.15) is 0 Å². The zero-order valence-corrected chi connectivity index (χ0v) is 17.6. The number of amides is 1. The average Bonchev–Trinajstić information content (AvgIpc) is 2.70. The first kappa shape index (κ1) is 23.7. The zero-order valence-electron chi connectivity index (χ0n) is 16.8. The van der Waals surface area contributed by atoms with Crippen molar-refractivity contribution in [3.63, 3.8) is 0 Å². The molecule has 12 heteroatoms. The highest BCUT2D eigenvalue weighted by Crippen LogP contribution is 2.40. The van der Waals surface area contributed by atoms with Gasteiger partial charge in [-0.05, 0) is 19.4 Å². The van der Waals surface area contributed by atoms with E-state index in [0.717, 1.165) is 7.11 Å². The van der Waals surface area contributed by atoms with Crippen molar-refractivity contribution in [3.8, 4) is 0 Å². The first-order valence-corrected chi connectivity index (χ1v) is 9.31. The number of carbonyl (C=O) groups excluding carboxylic acids is 3. The van der Waals surface area contributed by atoms with Crippen LogP contribution in [0, 0.1) is 10.1 Å². The van der Waals surface area contributed by atoms with Gasteiger partial charge >= 0.3 is 18.0 Å². The van der Waals surface area contributed by atoms with Crippen LogP contribution in [0.25, 0.3) is 0 Å². The van der Waals surface area contributed by atoms with Crippen LogP contribution in [0.15, 0.2) is 46.8 Å².